The second kappa shape index (κ2) is 7.47. The van der Waals surface area contributed by atoms with Gasteiger partial charge in [-0.1, -0.05) is 0 Å². The lowest BCUT2D eigenvalue weighted by Gasteiger charge is -2.19. The van der Waals surface area contributed by atoms with Gasteiger partial charge in [0.15, 0.2) is 0 Å². The summed E-state index contributed by atoms with van der Waals surface area (Å²) in [6.07, 6.45) is 1.57. The minimum atomic E-state index is -0.376. The van der Waals surface area contributed by atoms with Crippen LogP contribution >= 0.6 is 0 Å². The number of aromatic nitrogens is 1. The monoisotopic (exact) mass is 278 g/mol. The van der Waals surface area contributed by atoms with E-state index in [1.54, 1.807) is 37.2 Å². The van der Waals surface area contributed by atoms with E-state index in [2.05, 4.69) is 15.6 Å². The zero-order valence-corrected chi connectivity index (χ0v) is 12.4. The second-order valence-corrected chi connectivity index (χ2v) is 4.39. The molecule has 0 radical (unpaired) electrons. The Balaban J connectivity index is 2.85. The van der Waals surface area contributed by atoms with Crippen molar-refractivity contribution in [2.45, 2.75) is 26.8 Å². The SMILES string of the molecule is CCN(CC)C(=O)c1cc(NC(C)C(=O)NC)ccn1. The lowest BCUT2D eigenvalue weighted by atomic mass is 10.2. The van der Waals surface area contributed by atoms with E-state index >= 15 is 0 Å². The molecule has 0 saturated heterocycles. The number of hydrogen-bond acceptors (Lipinski definition) is 4. The molecular weight excluding hydrogens is 256 g/mol. The Hall–Kier alpha value is -2.11. The van der Waals surface area contributed by atoms with Crippen molar-refractivity contribution in [3.63, 3.8) is 0 Å². The van der Waals surface area contributed by atoms with Crippen molar-refractivity contribution in [1.82, 2.24) is 15.2 Å². The highest BCUT2D eigenvalue weighted by Gasteiger charge is 2.15. The quantitative estimate of drug-likeness (QED) is 0.817. The van der Waals surface area contributed by atoms with E-state index in [-0.39, 0.29) is 17.9 Å². The number of likely N-dealkylation sites (N-methyl/N-ethyl adjacent to an activating group) is 1. The van der Waals surface area contributed by atoms with E-state index in [0.29, 0.717) is 24.5 Å². The van der Waals surface area contributed by atoms with Gasteiger partial charge in [-0.05, 0) is 32.9 Å². The highest BCUT2D eigenvalue weighted by molar-refractivity contribution is 5.93. The summed E-state index contributed by atoms with van der Waals surface area (Å²) in [5.74, 6) is -0.218. The Morgan fingerprint density at radius 3 is 2.55 bits per heavy atom. The molecule has 1 aromatic heterocycles. The van der Waals surface area contributed by atoms with E-state index in [9.17, 15) is 9.59 Å². The van der Waals surface area contributed by atoms with Crippen LogP contribution in [-0.4, -0.2) is 47.9 Å². The minimum absolute atomic E-state index is 0.105. The lowest BCUT2D eigenvalue weighted by molar-refractivity contribution is -0.121. The van der Waals surface area contributed by atoms with E-state index in [4.69, 9.17) is 0 Å². The van der Waals surface area contributed by atoms with Gasteiger partial charge in [-0.3, -0.25) is 14.6 Å². The lowest BCUT2D eigenvalue weighted by Crippen LogP contribution is -2.35. The first-order valence-electron chi connectivity index (χ1n) is 6.76. The Kier molecular flexibility index (Phi) is 5.96. The molecule has 0 fully saturated rings. The number of nitrogens with one attached hydrogen (secondary N) is 2. The van der Waals surface area contributed by atoms with Gasteiger partial charge in [0, 0.05) is 32.0 Å². The second-order valence-electron chi connectivity index (χ2n) is 4.39. The fourth-order valence-corrected chi connectivity index (χ4v) is 1.84. The van der Waals surface area contributed by atoms with Crippen LogP contribution in [0.2, 0.25) is 0 Å². The molecule has 1 aromatic rings. The molecule has 0 aromatic carbocycles. The third-order valence-electron chi connectivity index (χ3n) is 3.05. The van der Waals surface area contributed by atoms with Crippen LogP contribution in [0.1, 0.15) is 31.3 Å². The van der Waals surface area contributed by atoms with Crippen LogP contribution in [0.15, 0.2) is 18.3 Å². The molecule has 0 aliphatic rings. The largest absolute Gasteiger partial charge is 0.374 e. The fourth-order valence-electron chi connectivity index (χ4n) is 1.84. The average Bonchev–Trinajstić information content (AvgIpc) is 2.47. The van der Waals surface area contributed by atoms with Crippen molar-refractivity contribution < 1.29 is 9.59 Å². The summed E-state index contributed by atoms with van der Waals surface area (Å²) in [6, 6.07) is 3.03. The molecule has 1 unspecified atom stereocenters. The summed E-state index contributed by atoms with van der Waals surface area (Å²) >= 11 is 0. The number of anilines is 1. The predicted molar refractivity (Wildman–Crippen MR) is 78.6 cm³/mol. The molecule has 2 amide bonds. The summed E-state index contributed by atoms with van der Waals surface area (Å²) < 4.78 is 0. The fraction of sp³-hybridized carbons (Fsp3) is 0.500. The van der Waals surface area contributed by atoms with Gasteiger partial charge in [0.25, 0.3) is 5.91 Å². The minimum Gasteiger partial charge on any atom is -0.374 e. The van der Waals surface area contributed by atoms with Crippen LogP contribution in [0, 0.1) is 0 Å². The van der Waals surface area contributed by atoms with E-state index in [1.165, 1.54) is 0 Å². The van der Waals surface area contributed by atoms with E-state index in [1.807, 2.05) is 13.8 Å². The number of hydrogen-bond donors (Lipinski definition) is 2. The summed E-state index contributed by atoms with van der Waals surface area (Å²) in [4.78, 5) is 29.5. The van der Waals surface area contributed by atoms with Crippen LogP contribution in [0.3, 0.4) is 0 Å². The molecule has 6 nitrogen and oxygen atoms in total. The van der Waals surface area contributed by atoms with Crippen LogP contribution in [0.25, 0.3) is 0 Å². The van der Waals surface area contributed by atoms with Crippen molar-refractivity contribution in [2.24, 2.45) is 0 Å². The molecule has 2 N–H and O–H groups in total. The van der Waals surface area contributed by atoms with Crippen molar-refractivity contribution in [1.29, 1.82) is 0 Å². The number of carbonyl (C=O) groups is 2. The maximum absolute atomic E-state index is 12.2. The molecule has 1 atom stereocenters. The number of pyridine rings is 1. The first-order valence-corrected chi connectivity index (χ1v) is 6.76. The van der Waals surface area contributed by atoms with Crippen LogP contribution in [0.4, 0.5) is 5.69 Å². The highest BCUT2D eigenvalue weighted by Crippen LogP contribution is 2.11. The van der Waals surface area contributed by atoms with Gasteiger partial charge in [-0.25, -0.2) is 0 Å². The summed E-state index contributed by atoms with van der Waals surface area (Å²) in [5.41, 5.74) is 1.08. The molecule has 0 bridgehead atoms. The maximum atomic E-state index is 12.2. The normalized spacial score (nSPS) is 11.6. The molecule has 0 saturated carbocycles. The topological polar surface area (TPSA) is 74.3 Å². The number of carbonyl (C=O) groups excluding carboxylic acids is 2. The zero-order chi connectivity index (χ0) is 15.1. The smallest absolute Gasteiger partial charge is 0.272 e. The van der Waals surface area contributed by atoms with E-state index in [0.717, 1.165) is 0 Å². The van der Waals surface area contributed by atoms with Gasteiger partial charge in [-0.2, -0.15) is 0 Å². The van der Waals surface area contributed by atoms with Gasteiger partial charge in [0.1, 0.15) is 11.7 Å². The van der Waals surface area contributed by atoms with Gasteiger partial charge >= 0.3 is 0 Å². The third-order valence-corrected chi connectivity index (χ3v) is 3.05. The molecular formula is C14H22N4O2. The van der Waals surface area contributed by atoms with E-state index < -0.39 is 0 Å². The number of nitrogens with zero attached hydrogens (tertiary/aromatic N) is 2. The Labute approximate surface area is 119 Å². The summed E-state index contributed by atoms with van der Waals surface area (Å²) in [7, 11) is 1.59. The molecule has 1 heterocycles. The molecule has 20 heavy (non-hydrogen) atoms. The highest BCUT2D eigenvalue weighted by atomic mass is 16.2. The molecule has 110 valence electrons. The predicted octanol–water partition coefficient (Wildman–Crippen LogP) is 1.11. The Morgan fingerprint density at radius 1 is 1.35 bits per heavy atom. The van der Waals surface area contributed by atoms with Gasteiger partial charge in [0.05, 0.1) is 0 Å². The zero-order valence-electron chi connectivity index (χ0n) is 12.4. The molecule has 0 aliphatic heterocycles. The summed E-state index contributed by atoms with van der Waals surface area (Å²) in [5, 5.41) is 5.61. The van der Waals surface area contributed by atoms with Crippen LogP contribution < -0.4 is 10.6 Å². The Morgan fingerprint density at radius 2 is 2.00 bits per heavy atom. The van der Waals surface area contributed by atoms with Gasteiger partial charge in [0.2, 0.25) is 5.91 Å². The van der Waals surface area contributed by atoms with Crippen molar-refractivity contribution in [3.8, 4) is 0 Å². The van der Waals surface area contributed by atoms with Crippen LogP contribution in [-0.2, 0) is 4.79 Å². The molecule has 1 rings (SSSR count). The van der Waals surface area contributed by atoms with Crippen molar-refractivity contribution in [3.05, 3.63) is 24.0 Å². The van der Waals surface area contributed by atoms with Gasteiger partial charge < -0.3 is 15.5 Å². The molecule has 0 aliphatic carbocycles. The number of rotatable bonds is 6. The van der Waals surface area contributed by atoms with Crippen molar-refractivity contribution >= 4 is 17.5 Å². The average molecular weight is 278 g/mol. The summed E-state index contributed by atoms with van der Waals surface area (Å²) in [6.45, 7) is 6.89. The Bertz CT molecular complexity index is 472. The maximum Gasteiger partial charge on any atom is 0.272 e. The van der Waals surface area contributed by atoms with Gasteiger partial charge in [-0.15, -0.1) is 0 Å². The third kappa shape index (κ3) is 3.94. The standard InChI is InChI=1S/C14H22N4O2/c1-5-18(6-2)14(20)12-9-11(7-8-16-12)17-10(3)13(19)15-4/h7-10H,5-6H2,1-4H3,(H,15,19)(H,16,17). The molecule has 0 spiro atoms. The molecule has 6 heteroatoms. The first-order chi connectivity index (χ1) is 9.53. The van der Waals surface area contributed by atoms with Crippen molar-refractivity contribution in [2.75, 3.05) is 25.5 Å². The number of amides is 2. The van der Waals surface area contributed by atoms with Crippen LogP contribution in [0.5, 0.6) is 0 Å². The first kappa shape index (κ1) is 15.9.